The molecule has 2 nitrogen and oxygen atoms in total. The Hall–Kier alpha value is -1.31. The fourth-order valence-electron chi connectivity index (χ4n) is 3.50. The lowest BCUT2D eigenvalue weighted by atomic mass is 9.60. The number of hydrogen-bond acceptors (Lipinski definition) is 2. The summed E-state index contributed by atoms with van der Waals surface area (Å²) in [6, 6.07) is 10.4. The van der Waals surface area contributed by atoms with Gasteiger partial charge in [0.05, 0.1) is 13.0 Å². The SMILES string of the molecule is COC(=O)[C@@H]1[C@H](C)CCC[C@]1(C)c1ccccc1. The molecule has 98 valence electrons. The van der Waals surface area contributed by atoms with Crippen molar-refractivity contribution in [1.29, 1.82) is 0 Å². The quantitative estimate of drug-likeness (QED) is 0.746. The minimum absolute atomic E-state index is 0.0290. The largest absolute Gasteiger partial charge is 0.469 e. The smallest absolute Gasteiger partial charge is 0.309 e. The van der Waals surface area contributed by atoms with Gasteiger partial charge in [-0.05, 0) is 24.3 Å². The second kappa shape index (κ2) is 5.13. The van der Waals surface area contributed by atoms with E-state index in [1.54, 1.807) is 0 Å². The molecule has 1 fully saturated rings. The average molecular weight is 246 g/mol. The minimum Gasteiger partial charge on any atom is -0.469 e. The molecule has 18 heavy (non-hydrogen) atoms. The first-order valence-corrected chi connectivity index (χ1v) is 6.73. The van der Waals surface area contributed by atoms with Gasteiger partial charge < -0.3 is 4.74 Å². The molecule has 3 atom stereocenters. The molecule has 1 aromatic carbocycles. The summed E-state index contributed by atoms with van der Waals surface area (Å²) in [5.74, 6) is 0.295. The molecular formula is C16H22O2. The number of carbonyl (C=O) groups excluding carboxylic acids is 1. The molecule has 2 heteroatoms. The van der Waals surface area contributed by atoms with Gasteiger partial charge in [-0.15, -0.1) is 0 Å². The summed E-state index contributed by atoms with van der Waals surface area (Å²) in [5, 5.41) is 0. The van der Waals surface area contributed by atoms with Gasteiger partial charge in [0, 0.05) is 5.41 Å². The van der Waals surface area contributed by atoms with Crippen molar-refractivity contribution >= 4 is 5.97 Å². The first kappa shape index (κ1) is 13.1. The van der Waals surface area contributed by atoms with Crippen molar-refractivity contribution in [2.75, 3.05) is 7.11 Å². The second-order valence-electron chi connectivity index (χ2n) is 5.65. The molecule has 0 amide bonds. The van der Waals surface area contributed by atoms with Gasteiger partial charge in [-0.2, -0.15) is 0 Å². The van der Waals surface area contributed by atoms with Crippen LogP contribution in [-0.2, 0) is 14.9 Å². The summed E-state index contributed by atoms with van der Waals surface area (Å²) in [4.78, 5) is 12.1. The van der Waals surface area contributed by atoms with Gasteiger partial charge in [0.1, 0.15) is 0 Å². The minimum atomic E-state index is -0.0912. The first-order valence-electron chi connectivity index (χ1n) is 6.73. The molecule has 0 saturated heterocycles. The third kappa shape index (κ3) is 2.16. The van der Waals surface area contributed by atoms with Gasteiger partial charge in [0.2, 0.25) is 0 Å². The number of methoxy groups -OCH3 is 1. The number of esters is 1. The van der Waals surface area contributed by atoms with Crippen LogP contribution in [0.2, 0.25) is 0 Å². The number of rotatable bonds is 2. The van der Waals surface area contributed by atoms with E-state index >= 15 is 0 Å². The third-order valence-corrected chi connectivity index (χ3v) is 4.50. The fourth-order valence-corrected chi connectivity index (χ4v) is 3.50. The van der Waals surface area contributed by atoms with E-state index < -0.39 is 0 Å². The van der Waals surface area contributed by atoms with E-state index in [2.05, 4.69) is 26.0 Å². The molecule has 0 unspecified atom stereocenters. The monoisotopic (exact) mass is 246 g/mol. The van der Waals surface area contributed by atoms with Crippen LogP contribution in [0.5, 0.6) is 0 Å². The Morgan fingerprint density at radius 2 is 2.00 bits per heavy atom. The number of carbonyl (C=O) groups is 1. The van der Waals surface area contributed by atoms with Gasteiger partial charge in [-0.1, -0.05) is 50.6 Å². The predicted octanol–water partition coefficient (Wildman–Crippen LogP) is 3.55. The standard InChI is InChI=1S/C16H22O2/c1-12-8-7-11-16(2,14(12)15(17)18-3)13-9-5-4-6-10-13/h4-6,9-10,12,14H,7-8,11H2,1-3H3/t12-,14+,16-/m1/s1. The highest BCUT2D eigenvalue weighted by molar-refractivity contribution is 5.75. The van der Waals surface area contributed by atoms with Crippen molar-refractivity contribution in [2.45, 2.75) is 38.5 Å². The molecular weight excluding hydrogens is 224 g/mol. The van der Waals surface area contributed by atoms with Crippen molar-refractivity contribution in [3.8, 4) is 0 Å². The summed E-state index contributed by atoms with van der Waals surface area (Å²) in [6.07, 6.45) is 3.35. The van der Waals surface area contributed by atoms with Crippen molar-refractivity contribution in [3.63, 3.8) is 0 Å². The zero-order valence-electron chi connectivity index (χ0n) is 11.5. The van der Waals surface area contributed by atoms with E-state index in [-0.39, 0.29) is 17.3 Å². The molecule has 0 heterocycles. The van der Waals surface area contributed by atoms with E-state index in [1.807, 2.05) is 18.2 Å². The van der Waals surface area contributed by atoms with Gasteiger partial charge in [0.25, 0.3) is 0 Å². The number of hydrogen-bond donors (Lipinski definition) is 0. The highest BCUT2D eigenvalue weighted by atomic mass is 16.5. The molecule has 1 saturated carbocycles. The van der Waals surface area contributed by atoms with Crippen molar-refractivity contribution in [2.24, 2.45) is 11.8 Å². The van der Waals surface area contributed by atoms with E-state index in [0.29, 0.717) is 5.92 Å². The molecule has 0 N–H and O–H groups in total. The van der Waals surface area contributed by atoms with E-state index in [1.165, 1.54) is 19.1 Å². The van der Waals surface area contributed by atoms with E-state index in [0.717, 1.165) is 12.8 Å². The molecule has 0 aliphatic heterocycles. The zero-order valence-corrected chi connectivity index (χ0v) is 11.5. The van der Waals surface area contributed by atoms with Crippen LogP contribution in [0.1, 0.15) is 38.7 Å². The summed E-state index contributed by atoms with van der Waals surface area (Å²) in [7, 11) is 1.50. The van der Waals surface area contributed by atoms with Crippen LogP contribution in [0, 0.1) is 11.8 Å². The van der Waals surface area contributed by atoms with Crippen LogP contribution in [0.25, 0.3) is 0 Å². The molecule has 0 bridgehead atoms. The van der Waals surface area contributed by atoms with Gasteiger partial charge >= 0.3 is 5.97 Å². The Morgan fingerprint density at radius 1 is 1.33 bits per heavy atom. The Morgan fingerprint density at radius 3 is 2.61 bits per heavy atom. The van der Waals surface area contributed by atoms with Crippen LogP contribution in [0.4, 0.5) is 0 Å². The lowest BCUT2D eigenvalue weighted by molar-refractivity contribution is -0.151. The molecule has 1 aliphatic carbocycles. The maximum absolute atomic E-state index is 12.1. The maximum Gasteiger partial charge on any atom is 0.309 e. The lowest BCUT2D eigenvalue weighted by Gasteiger charge is -2.43. The predicted molar refractivity (Wildman–Crippen MR) is 72.3 cm³/mol. The normalized spacial score (nSPS) is 31.9. The lowest BCUT2D eigenvalue weighted by Crippen LogP contribution is -2.44. The molecule has 0 aromatic heterocycles. The summed E-state index contributed by atoms with van der Waals surface area (Å²) in [5.41, 5.74) is 1.17. The van der Waals surface area contributed by atoms with Crippen molar-refractivity contribution in [3.05, 3.63) is 35.9 Å². The Balaban J connectivity index is 2.41. The first-order chi connectivity index (χ1) is 8.59. The second-order valence-corrected chi connectivity index (χ2v) is 5.65. The van der Waals surface area contributed by atoms with Gasteiger partial charge in [-0.25, -0.2) is 0 Å². The Kier molecular flexibility index (Phi) is 3.74. The number of benzene rings is 1. The Labute approximate surface area is 109 Å². The molecule has 2 rings (SSSR count). The van der Waals surface area contributed by atoms with Crippen LogP contribution >= 0.6 is 0 Å². The maximum atomic E-state index is 12.1. The van der Waals surface area contributed by atoms with Gasteiger partial charge in [0.15, 0.2) is 0 Å². The summed E-state index contributed by atoms with van der Waals surface area (Å²) < 4.78 is 5.04. The summed E-state index contributed by atoms with van der Waals surface area (Å²) >= 11 is 0. The van der Waals surface area contributed by atoms with Crippen LogP contribution < -0.4 is 0 Å². The average Bonchev–Trinajstić information content (AvgIpc) is 2.39. The third-order valence-electron chi connectivity index (χ3n) is 4.50. The van der Waals surface area contributed by atoms with Crippen LogP contribution in [0.15, 0.2) is 30.3 Å². The molecule has 0 radical (unpaired) electrons. The van der Waals surface area contributed by atoms with Crippen LogP contribution in [0.3, 0.4) is 0 Å². The highest BCUT2D eigenvalue weighted by Gasteiger charge is 2.46. The topological polar surface area (TPSA) is 26.3 Å². The molecule has 1 aromatic rings. The van der Waals surface area contributed by atoms with Crippen molar-refractivity contribution < 1.29 is 9.53 Å². The van der Waals surface area contributed by atoms with Gasteiger partial charge in [-0.3, -0.25) is 4.79 Å². The fraction of sp³-hybridized carbons (Fsp3) is 0.562. The van der Waals surface area contributed by atoms with Crippen LogP contribution in [-0.4, -0.2) is 13.1 Å². The van der Waals surface area contributed by atoms with E-state index in [4.69, 9.17) is 4.74 Å². The summed E-state index contributed by atoms with van der Waals surface area (Å²) in [6.45, 7) is 4.38. The zero-order chi connectivity index (χ0) is 13.2. The molecule has 1 aliphatic rings. The molecule has 0 spiro atoms. The van der Waals surface area contributed by atoms with E-state index in [9.17, 15) is 4.79 Å². The Bertz CT molecular complexity index is 412. The van der Waals surface area contributed by atoms with Crippen molar-refractivity contribution in [1.82, 2.24) is 0 Å². The highest BCUT2D eigenvalue weighted by Crippen LogP contribution is 2.46. The number of ether oxygens (including phenoxy) is 1.